The lowest BCUT2D eigenvalue weighted by Crippen LogP contribution is -2.41. The molecule has 1 saturated carbocycles. The minimum atomic E-state index is 0.218. The quantitative estimate of drug-likeness (QED) is 0.876. The third kappa shape index (κ3) is 2.92. The molecule has 1 heterocycles. The molecule has 1 aliphatic rings. The number of hydrogen-bond donors (Lipinski definition) is 1. The molecule has 1 aromatic heterocycles. The fourth-order valence-corrected chi connectivity index (χ4v) is 2.65. The van der Waals surface area contributed by atoms with E-state index in [0.717, 1.165) is 24.5 Å². The van der Waals surface area contributed by atoms with Crippen LogP contribution < -0.4 is 0 Å². The minimum Gasteiger partial charge on any atom is -0.395 e. The van der Waals surface area contributed by atoms with E-state index in [4.69, 9.17) is 0 Å². The molecule has 1 aromatic carbocycles. The van der Waals surface area contributed by atoms with Crippen molar-refractivity contribution in [2.24, 2.45) is 0 Å². The van der Waals surface area contributed by atoms with Crippen molar-refractivity contribution in [3.05, 3.63) is 48.3 Å². The highest BCUT2D eigenvalue weighted by Gasteiger charge is 2.24. The number of para-hydroxylation sites is 1. The van der Waals surface area contributed by atoms with Gasteiger partial charge in [0.15, 0.2) is 0 Å². The third-order valence-electron chi connectivity index (χ3n) is 4.01. The average Bonchev–Trinajstić information content (AvgIpc) is 2.87. The largest absolute Gasteiger partial charge is 0.395 e. The van der Waals surface area contributed by atoms with Crippen molar-refractivity contribution in [2.45, 2.75) is 31.8 Å². The average molecular weight is 271 g/mol. The van der Waals surface area contributed by atoms with Crippen molar-refractivity contribution in [3.8, 4) is 5.69 Å². The van der Waals surface area contributed by atoms with Crippen LogP contribution in [0.1, 0.15) is 25.0 Å². The Morgan fingerprint density at radius 3 is 2.65 bits per heavy atom. The summed E-state index contributed by atoms with van der Waals surface area (Å²) in [5.41, 5.74) is 2.14. The first-order valence-electron chi connectivity index (χ1n) is 7.32. The van der Waals surface area contributed by atoms with Crippen LogP contribution in [0.4, 0.5) is 0 Å². The van der Waals surface area contributed by atoms with Crippen LogP contribution in [0.15, 0.2) is 42.6 Å². The molecule has 4 nitrogen and oxygen atoms in total. The van der Waals surface area contributed by atoms with Gasteiger partial charge in [0.1, 0.15) is 0 Å². The van der Waals surface area contributed by atoms with Crippen molar-refractivity contribution in [2.75, 3.05) is 13.2 Å². The summed E-state index contributed by atoms with van der Waals surface area (Å²) in [5, 5.41) is 13.8. The van der Waals surface area contributed by atoms with Gasteiger partial charge in [0.2, 0.25) is 0 Å². The molecule has 1 N–H and O–H groups in total. The lowest BCUT2D eigenvalue weighted by atomic mass is 9.91. The van der Waals surface area contributed by atoms with Crippen LogP contribution in [0.5, 0.6) is 0 Å². The number of aliphatic hydroxyl groups excluding tert-OH is 1. The summed E-state index contributed by atoms with van der Waals surface area (Å²) in [6, 6.07) is 12.8. The molecule has 2 aromatic rings. The van der Waals surface area contributed by atoms with Gasteiger partial charge in [-0.15, -0.1) is 0 Å². The van der Waals surface area contributed by atoms with Gasteiger partial charge in [0, 0.05) is 25.3 Å². The van der Waals surface area contributed by atoms with E-state index < -0.39 is 0 Å². The first kappa shape index (κ1) is 13.3. The number of hydrogen-bond acceptors (Lipinski definition) is 3. The van der Waals surface area contributed by atoms with E-state index in [-0.39, 0.29) is 6.61 Å². The summed E-state index contributed by atoms with van der Waals surface area (Å²) in [5.74, 6) is 0. The molecule has 0 radical (unpaired) electrons. The van der Waals surface area contributed by atoms with E-state index in [9.17, 15) is 5.11 Å². The van der Waals surface area contributed by atoms with Gasteiger partial charge in [0.25, 0.3) is 0 Å². The van der Waals surface area contributed by atoms with Gasteiger partial charge >= 0.3 is 0 Å². The fourth-order valence-electron chi connectivity index (χ4n) is 2.65. The Labute approximate surface area is 119 Å². The highest BCUT2D eigenvalue weighted by atomic mass is 16.3. The zero-order chi connectivity index (χ0) is 13.8. The molecule has 106 valence electrons. The lowest BCUT2D eigenvalue weighted by molar-refractivity contribution is 0.0932. The molecule has 0 spiro atoms. The molecule has 4 heteroatoms. The van der Waals surface area contributed by atoms with Crippen molar-refractivity contribution in [3.63, 3.8) is 0 Å². The maximum Gasteiger partial charge on any atom is 0.0769 e. The SMILES string of the molecule is OCCN(Cc1ccn(-c2ccccc2)n1)C1CCC1. The van der Waals surface area contributed by atoms with E-state index in [1.54, 1.807) is 0 Å². The number of aliphatic hydroxyl groups is 1. The smallest absolute Gasteiger partial charge is 0.0769 e. The third-order valence-corrected chi connectivity index (χ3v) is 4.01. The lowest BCUT2D eigenvalue weighted by Gasteiger charge is -2.36. The minimum absolute atomic E-state index is 0.218. The second-order valence-electron chi connectivity index (χ2n) is 5.37. The molecule has 0 unspecified atom stereocenters. The summed E-state index contributed by atoms with van der Waals surface area (Å²) < 4.78 is 1.91. The summed E-state index contributed by atoms with van der Waals surface area (Å²) in [4.78, 5) is 2.35. The monoisotopic (exact) mass is 271 g/mol. The van der Waals surface area contributed by atoms with Gasteiger partial charge in [-0.1, -0.05) is 24.6 Å². The van der Waals surface area contributed by atoms with Gasteiger partial charge in [-0.2, -0.15) is 5.10 Å². The normalized spacial score (nSPS) is 15.5. The standard InChI is InChI=1S/C16H21N3O/c20-12-11-18(15-7-4-8-15)13-14-9-10-19(17-14)16-5-2-1-3-6-16/h1-3,5-6,9-10,15,20H,4,7-8,11-13H2. The Kier molecular flexibility index (Phi) is 4.14. The van der Waals surface area contributed by atoms with E-state index in [2.05, 4.69) is 16.1 Å². The maximum absolute atomic E-state index is 9.20. The Morgan fingerprint density at radius 1 is 1.20 bits per heavy atom. The Hall–Kier alpha value is -1.65. The van der Waals surface area contributed by atoms with Crippen molar-refractivity contribution in [1.82, 2.24) is 14.7 Å². The van der Waals surface area contributed by atoms with Crippen LogP contribution in [0.3, 0.4) is 0 Å². The topological polar surface area (TPSA) is 41.3 Å². The first-order chi connectivity index (χ1) is 9.86. The predicted molar refractivity (Wildman–Crippen MR) is 78.7 cm³/mol. The molecule has 0 atom stereocenters. The van der Waals surface area contributed by atoms with Gasteiger partial charge in [-0.05, 0) is 31.0 Å². The van der Waals surface area contributed by atoms with Gasteiger partial charge in [0.05, 0.1) is 18.0 Å². The van der Waals surface area contributed by atoms with Crippen LogP contribution >= 0.6 is 0 Å². The summed E-state index contributed by atoms with van der Waals surface area (Å²) >= 11 is 0. The number of aromatic nitrogens is 2. The van der Waals surface area contributed by atoms with Crippen molar-refractivity contribution >= 4 is 0 Å². The summed E-state index contributed by atoms with van der Waals surface area (Å²) in [6.07, 6.45) is 5.81. The van der Waals surface area contributed by atoms with E-state index in [0.29, 0.717) is 6.04 Å². The predicted octanol–water partition coefficient (Wildman–Crippen LogP) is 2.22. The highest BCUT2D eigenvalue weighted by molar-refractivity contribution is 5.30. The zero-order valence-corrected chi connectivity index (χ0v) is 11.7. The molecule has 1 aliphatic carbocycles. The Morgan fingerprint density at radius 2 is 2.00 bits per heavy atom. The number of rotatable bonds is 6. The highest BCUT2D eigenvalue weighted by Crippen LogP contribution is 2.25. The summed E-state index contributed by atoms with van der Waals surface area (Å²) in [6.45, 7) is 1.78. The van der Waals surface area contributed by atoms with Crippen LogP contribution in [0, 0.1) is 0 Å². The summed E-state index contributed by atoms with van der Waals surface area (Å²) in [7, 11) is 0. The van der Waals surface area contributed by atoms with E-state index in [1.807, 2.05) is 41.2 Å². The van der Waals surface area contributed by atoms with Crippen LogP contribution in [-0.2, 0) is 6.54 Å². The maximum atomic E-state index is 9.20. The molecular weight excluding hydrogens is 250 g/mol. The fraction of sp³-hybridized carbons (Fsp3) is 0.438. The van der Waals surface area contributed by atoms with Gasteiger partial charge in [-0.25, -0.2) is 4.68 Å². The molecule has 0 bridgehead atoms. The number of benzene rings is 1. The van der Waals surface area contributed by atoms with E-state index in [1.165, 1.54) is 19.3 Å². The Balaban J connectivity index is 1.69. The molecular formula is C16H21N3O. The van der Waals surface area contributed by atoms with Gasteiger partial charge < -0.3 is 5.11 Å². The molecule has 20 heavy (non-hydrogen) atoms. The molecule has 0 amide bonds. The van der Waals surface area contributed by atoms with Crippen molar-refractivity contribution < 1.29 is 5.11 Å². The van der Waals surface area contributed by atoms with Gasteiger partial charge in [-0.3, -0.25) is 4.90 Å². The second-order valence-corrected chi connectivity index (χ2v) is 5.37. The van der Waals surface area contributed by atoms with Crippen LogP contribution in [0.2, 0.25) is 0 Å². The van der Waals surface area contributed by atoms with Crippen LogP contribution in [0.25, 0.3) is 5.69 Å². The van der Waals surface area contributed by atoms with E-state index >= 15 is 0 Å². The molecule has 1 fully saturated rings. The number of nitrogens with zero attached hydrogens (tertiary/aromatic N) is 3. The Bertz CT molecular complexity index is 534. The van der Waals surface area contributed by atoms with Crippen LogP contribution in [-0.4, -0.2) is 39.0 Å². The first-order valence-corrected chi connectivity index (χ1v) is 7.32. The second kappa shape index (κ2) is 6.20. The zero-order valence-electron chi connectivity index (χ0n) is 11.7. The molecule has 3 rings (SSSR count). The molecule has 0 saturated heterocycles. The molecule has 0 aliphatic heterocycles. The van der Waals surface area contributed by atoms with Crippen molar-refractivity contribution in [1.29, 1.82) is 0 Å².